The van der Waals surface area contributed by atoms with Crippen molar-refractivity contribution in [2.24, 2.45) is 11.7 Å². The number of hydrogen-bond acceptors (Lipinski definition) is 3. The summed E-state index contributed by atoms with van der Waals surface area (Å²) in [6.07, 6.45) is 0.967. The average Bonchev–Trinajstić information content (AvgIpc) is 3.07. The lowest BCUT2D eigenvalue weighted by molar-refractivity contribution is 0.0745. The number of carbonyl (C=O) groups excluding carboxylic acids is 1. The van der Waals surface area contributed by atoms with Crippen LogP contribution in [0.3, 0.4) is 0 Å². The number of hydrogen-bond donors (Lipinski definition) is 1. The molecule has 0 radical (unpaired) electrons. The van der Waals surface area contributed by atoms with Gasteiger partial charge in [0.15, 0.2) is 0 Å². The largest absolute Gasteiger partial charge is 0.336 e. The van der Waals surface area contributed by atoms with Crippen LogP contribution in [0.5, 0.6) is 0 Å². The summed E-state index contributed by atoms with van der Waals surface area (Å²) in [5, 5.41) is 0.907. The van der Waals surface area contributed by atoms with E-state index in [-0.39, 0.29) is 36.8 Å². The molecule has 1 fully saturated rings. The number of nitrogens with two attached hydrogens (primary N) is 1. The first-order valence-electron chi connectivity index (χ1n) is 9.96. The van der Waals surface area contributed by atoms with E-state index in [1.807, 2.05) is 35.2 Å². The highest BCUT2D eigenvalue weighted by Gasteiger charge is 2.33. The highest BCUT2D eigenvalue weighted by Crippen LogP contribution is 2.31. The highest BCUT2D eigenvalue weighted by atomic mass is 35.5. The van der Waals surface area contributed by atoms with Gasteiger partial charge in [-0.15, -0.1) is 24.8 Å². The number of carbonyl (C=O) groups is 1. The number of halogens is 2. The summed E-state index contributed by atoms with van der Waals surface area (Å²) < 4.78 is 0. The molecule has 1 aliphatic heterocycles. The number of para-hydroxylation sites is 1. The second kappa shape index (κ2) is 9.78. The van der Waals surface area contributed by atoms with Crippen LogP contribution in [-0.4, -0.2) is 34.9 Å². The van der Waals surface area contributed by atoms with Crippen LogP contribution >= 0.6 is 24.8 Å². The molecule has 160 valence electrons. The first-order chi connectivity index (χ1) is 13.5. The molecule has 0 aliphatic carbocycles. The van der Waals surface area contributed by atoms with E-state index in [0.717, 1.165) is 40.7 Å². The Balaban J connectivity index is 0.00000160. The minimum atomic E-state index is 0. The molecule has 6 heteroatoms. The molecule has 2 heterocycles. The van der Waals surface area contributed by atoms with Gasteiger partial charge < -0.3 is 10.6 Å². The lowest BCUT2D eigenvalue weighted by atomic mass is 9.99. The lowest BCUT2D eigenvalue weighted by Gasteiger charge is -2.23. The molecule has 2 atom stereocenters. The van der Waals surface area contributed by atoms with Crippen molar-refractivity contribution in [3.05, 3.63) is 65.2 Å². The van der Waals surface area contributed by atoms with Gasteiger partial charge in [0, 0.05) is 23.5 Å². The second-order valence-corrected chi connectivity index (χ2v) is 8.03. The zero-order chi connectivity index (χ0) is 19.8. The lowest BCUT2D eigenvalue weighted by Crippen LogP contribution is -2.34. The zero-order valence-electron chi connectivity index (χ0n) is 17.6. The van der Waals surface area contributed by atoms with E-state index in [4.69, 9.17) is 10.7 Å². The normalized spacial score (nSPS) is 18.1. The van der Waals surface area contributed by atoms with E-state index in [1.54, 1.807) is 0 Å². The Morgan fingerprint density at radius 2 is 1.87 bits per heavy atom. The van der Waals surface area contributed by atoms with Gasteiger partial charge in [-0.2, -0.15) is 0 Å². The number of aromatic nitrogens is 1. The maximum atomic E-state index is 13.5. The molecule has 0 bridgehead atoms. The number of aryl methyl sites for hydroxylation is 2. The first-order valence-corrected chi connectivity index (χ1v) is 9.96. The van der Waals surface area contributed by atoms with Crippen molar-refractivity contribution in [1.29, 1.82) is 0 Å². The van der Waals surface area contributed by atoms with Crippen molar-refractivity contribution in [3.8, 4) is 11.3 Å². The van der Waals surface area contributed by atoms with Gasteiger partial charge in [0.05, 0.1) is 16.8 Å². The van der Waals surface area contributed by atoms with E-state index in [1.165, 1.54) is 11.1 Å². The molecule has 2 unspecified atom stereocenters. The minimum Gasteiger partial charge on any atom is -0.336 e. The molecule has 4 rings (SSSR count). The van der Waals surface area contributed by atoms with E-state index in [9.17, 15) is 4.79 Å². The van der Waals surface area contributed by atoms with Crippen molar-refractivity contribution < 1.29 is 4.79 Å². The van der Waals surface area contributed by atoms with E-state index < -0.39 is 0 Å². The summed E-state index contributed by atoms with van der Waals surface area (Å²) in [4.78, 5) is 20.4. The van der Waals surface area contributed by atoms with Gasteiger partial charge in [0.2, 0.25) is 0 Å². The SMILES string of the molecule is Cc1ccc(-c2cc(C(=O)N3CC(CN)CC3C)c3ccccc3n2)c(C)c1.Cl.Cl. The van der Waals surface area contributed by atoms with Gasteiger partial charge >= 0.3 is 0 Å². The fraction of sp³-hybridized carbons (Fsp3) is 0.333. The quantitative estimate of drug-likeness (QED) is 0.604. The Labute approximate surface area is 190 Å². The number of fused-ring (bicyclic) bond motifs is 1. The molecule has 1 amide bonds. The summed E-state index contributed by atoms with van der Waals surface area (Å²) in [7, 11) is 0. The third-order valence-corrected chi connectivity index (χ3v) is 5.86. The molecule has 1 aliphatic rings. The zero-order valence-corrected chi connectivity index (χ0v) is 19.2. The van der Waals surface area contributed by atoms with Crippen molar-refractivity contribution in [2.45, 2.75) is 33.2 Å². The number of nitrogens with zero attached hydrogens (tertiary/aromatic N) is 2. The fourth-order valence-corrected chi connectivity index (χ4v) is 4.34. The van der Waals surface area contributed by atoms with Crippen LogP contribution in [-0.2, 0) is 0 Å². The van der Waals surface area contributed by atoms with Crippen LogP contribution < -0.4 is 5.73 Å². The molecule has 0 saturated carbocycles. The predicted molar refractivity (Wildman–Crippen MR) is 129 cm³/mol. The van der Waals surface area contributed by atoms with Gasteiger partial charge in [0.1, 0.15) is 0 Å². The van der Waals surface area contributed by atoms with E-state index >= 15 is 0 Å². The van der Waals surface area contributed by atoms with Crippen LogP contribution in [0.4, 0.5) is 0 Å². The number of pyridine rings is 1. The third kappa shape index (κ3) is 4.46. The molecular weight excluding hydrogens is 417 g/mol. The molecule has 1 aromatic heterocycles. The Morgan fingerprint density at radius 1 is 1.13 bits per heavy atom. The molecule has 3 aromatic rings. The van der Waals surface area contributed by atoms with Crippen LogP contribution in [0, 0.1) is 19.8 Å². The van der Waals surface area contributed by atoms with E-state index in [2.05, 4.69) is 39.0 Å². The number of rotatable bonds is 3. The van der Waals surface area contributed by atoms with Crippen LogP contribution in [0.25, 0.3) is 22.2 Å². The summed E-state index contributed by atoms with van der Waals surface area (Å²) in [5.41, 5.74) is 11.8. The molecule has 2 N–H and O–H groups in total. The molecular formula is C24H29Cl2N3O. The van der Waals surface area contributed by atoms with Gasteiger partial charge in [-0.3, -0.25) is 4.79 Å². The smallest absolute Gasteiger partial charge is 0.254 e. The number of likely N-dealkylation sites (tertiary alicyclic amines) is 1. The molecule has 0 spiro atoms. The van der Waals surface area contributed by atoms with E-state index in [0.29, 0.717) is 12.5 Å². The number of benzene rings is 2. The van der Waals surface area contributed by atoms with Crippen molar-refractivity contribution in [3.63, 3.8) is 0 Å². The second-order valence-electron chi connectivity index (χ2n) is 8.03. The Bertz CT molecular complexity index is 1050. The summed E-state index contributed by atoms with van der Waals surface area (Å²) in [5.74, 6) is 0.457. The van der Waals surface area contributed by atoms with Gasteiger partial charge in [0.25, 0.3) is 5.91 Å². The summed E-state index contributed by atoms with van der Waals surface area (Å²) >= 11 is 0. The molecule has 4 nitrogen and oxygen atoms in total. The topological polar surface area (TPSA) is 59.2 Å². The van der Waals surface area contributed by atoms with Gasteiger partial charge in [-0.05, 0) is 57.4 Å². The Morgan fingerprint density at radius 3 is 2.53 bits per heavy atom. The highest BCUT2D eigenvalue weighted by molar-refractivity contribution is 6.07. The van der Waals surface area contributed by atoms with Crippen molar-refractivity contribution in [2.75, 3.05) is 13.1 Å². The summed E-state index contributed by atoms with van der Waals surface area (Å²) in [6.45, 7) is 7.64. The standard InChI is InChI=1S/C24H27N3O.2ClH/c1-15-8-9-19(16(2)10-15)23-12-21(20-6-4-5-7-22(20)26-23)24(28)27-14-18(13-25)11-17(27)3;;/h4-10,12,17-18H,11,13-14,25H2,1-3H3;2*1H. The maximum absolute atomic E-state index is 13.5. The van der Waals surface area contributed by atoms with Crippen LogP contribution in [0.2, 0.25) is 0 Å². The summed E-state index contributed by atoms with van der Waals surface area (Å²) in [6, 6.07) is 16.4. The predicted octanol–water partition coefficient (Wildman–Crippen LogP) is 5.17. The average molecular weight is 446 g/mol. The number of amides is 1. The molecule has 30 heavy (non-hydrogen) atoms. The fourth-order valence-electron chi connectivity index (χ4n) is 4.34. The minimum absolute atomic E-state index is 0. The maximum Gasteiger partial charge on any atom is 0.254 e. The van der Waals surface area contributed by atoms with Gasteiger partial charge in [-0.25, -0.2) is 4.98 Å². The third-order valence-electron chi connectivity index (χ3n) is 5.86. The Kier molecular flexibility index (Phi) is 7.87. The van der Waals surface area contributed by atoms with Gasteiger partial charge in [-0.1, -0.05) is 42.0 Å². The van der Waals surface area contributed by atoms with Crippen molar-refractivity contribution >= 4 is 41.6 Å². The Hall–Kier alpha value is -2.14. The van der Waals surface area contributed by atoms with Crippen LogP contribution in [0.15, 0.2) is 48.5 Å². The van der Waals surface area contributed by atoms with Crippen molar-refractivity contribution in [1.82, 2.24) is 9.88 Å². The van der Waals surface area contributed by atoms with Crippen LogP contribution in [0.1, 0.15) is 34.8 Å². The monoisotopic (exact) mass is 445 g/mol. The molecule has 1 saturated heterocycles. The first kappa shape index (κ1) is 24.1. The molecule has 2 aromatic carbocycles.